The van der Waals surface area contributed by atoms with Crippen molar-refractivity contribution in [1.29, 1.82) is 0 Å². The summed E-state index contributed by atoms with van der Waals surface area (Å²) < 4.78 is 6.19. The van der Waals surface area contributed by atoms with Gasteiger partial charge in [0.15, 0.2) is 0 Å². The number of benzene rings is 7. The lowest BCUT2D eigenvalue weighted by Gasteiger charge is -2.28. The first-order chi connectivity index (χ1) is 27.0. The largest absolute Gasteiger partial charge is 0.493 e. The Morgan fingerprint density at radius 2 is 1.05 bits per heavy atom. The van der Waals surface area contributed by atoms with Crippen LogP contribution in [0.1, 0.15) is 30.5 Å². The third kappa shape index (κ3) is 5.60. The number of hydrogen-bond acceptors (Lipinski definition) is 2. The Balaban J connectivity index is 1.07. The monoisotopic (exact) mass is 705 g/mol. The van der Waals surface area contributed by atoms with Gasteiger partial charge in [-0.2, -0.15) is 0 Å². The second kappa shape index (κ2) is 13.2. The van der Waals surface area contributed by atoms with E-state index in [0.29, 0.717) is 6.61 Å². The molecule has 0 spiro atoms. The van der Waals surface area contributed by atoms with Gasteiger partial charge in [-0.15, -0.1) is 0 Å². The summed E-state index contributed by atoms with van der Waals surface area (Å²) in [7, 11) is 0. The average Bonchev–Trinajstić information content (AvgIpc) is 3.34. The molecule has 10 rings (SSSR count). The number of fused-ring (bicyclic) bond motifs is 6. The van der Waals surface area contributed by atoms with Crippen LogP contribution in [0.4, 0.5) is 17.1 Å². The molecule has 1 heterocycles. The quantitative estimate of drug-likeness (QED) is 0.171. The van der Waals surface area contributed by atoms with Crippen molar-refractivity contribution < 1.29 is 4.74 Å². The molecule has 0 amide bonds. The number of rotatable bonds is 6. The Morgan fingerprint density at radius 1 is 0.473 bits per heavy atom. The molecule has 0 saturated heterocycles. The lowest BCUT2D eigenvalue weighted by molar-refractivity contribution is 0.326. The maximum absolute atomic E-state index is 6.19. The summed E-state index contributed by atoms with van der Waals surface area (Å²) in [6.07, 6.45) is 0.859. The molecule has 0 bridgehead atoms. The third-order valence-electron chi connectivity index (χ3n) is 11.6. The molecule has 8 aromatic rings. The minimum atomic E-state index is -0.106. The van der Waals surface area contributed by atoms with Crippen molar-refractivity contribution >= 4 is 17.1 Å². The summed E-state index contributed by atoms with van der Waals surface area (Å²) in [6, 6.07) is 69.8. The van der Waals surface area contributed by atoms with Gasteiger partial charge in [0.05, 0.1) is 6.61 Å². The van der Waals surface area contributed by atoms with Crippen LogP contribution in [0.2, 0.25) is 0 Å². The van der Waals surface area contributed by atoms with E-state index in [0.717, 1.165) is 40.4 Å². The fraction of sp³-hybridized carbons (Fsp3) is 0.0943. The molecule has 0 N–H and O–H groups in total. The first-order valence-corrected chi connectivity index (χ1v) is 19.1. The molecule has 1 aliphatic carbocycles. The number of anilines is 3. The van der Waals surface area contributed by atoms with Gasteiger partial charge in [-0.1, -0.05) is 141 Å². The topological polar surface area (TPSA) is 12.5 Å². The van der Waals surface area contributed by atoms with Crippen LogP contribution in [-0.2, 0) is 11.8 Å². The van der Waals surface area contributed by atoms with E-state index in [4.69, 9.17) is 4.74 Å². The van der Waals surface area contributed by atoms with Crippen molar-refractivity contribution in [2.75, 3.05) is 11.5 Å². The van der Waals surface area contributed by atoms with E-state index < -0.39 is 0 Å². The van der Waals surface area contributed by atoms with Crippen LogP contribution in [0.25, 0.3) is 55.6 Å². The highest BCUT2D eigenvalue weighted by atomic mass is 16.5. The Kier molecular flexibility index (Phi) is 7.90. The van der Waals surface area contributed by atoms with Gasteiger partial charge in [0.1, 0.15) is 5.75 Å². The van der Waals surface area contributed by atoms with Crippen molar-refractivity contribution in [2.24, 2.45) is 0 Å². The maximum Gasteiger partial charge on any atom is 0.127 e. The van der Waals surface area contributed by atoms with Gasteiger partial charge in [0.2, 0.25) is 0 Å². The minimum absolute atomic E-state index is 0.106. The molecule has 0 radical (unpaired) electrons. The van der Waals surface area contributed by atoms with Crippen molar-refractivity contribution in [2.45, 2.75) is 25.7 Å². The lowest BCUT2D eigenvalue weighted by Crippen LogP contribution is -2.16. The first-order valence-electron chi connectivity index (χ1n) is 19.1. The van der Waals surface area contributed by atoms with Crippen molar-refractivity contribution in [3.8, 4) is 61.4 Å². The Hall–Kier alpha value is -6.82. The van der Waals surface area contributed by atoms with Gasteiger partial charge in [-0.3, -0.25) is 0 Å². The molecule has 0 aromatic heterocycles. The van der Waals surface area contributed by atoms with Gasteiger partial charge in [-0.05, 0) is 127 Å². The molecule has 0 atom stereocenters. The van der Waals surface area contributed by atoms with Crippen LogP contribution in [-0.4, -0.2) is 6.61 Å². The highest BCUT2D eigenvalue weighted by Gasteiger charge is 2.35. The normalized spacial score (nSPS) is 13.3. The van der Waals surface area contributed by atoms with Crippen LogP contribution in [0.5, 0.6) is 5.75 Å². The van der Waals surface area contributed by atoms with Crippen LogP contribution in [0, 0.1) is 12.1 Å². The number of para-hydroxylation sites is 1. The van der Waals surface area contributed by atoms with Crippen LogP contribution >= 0.6 is 0 Å². The number of ether oxygens (including phenoxy) is 1. The second-order valence-electron chi connectivity index (χ2n) is 15.0. The van der Waals surface area contributed by atoms with Crippen molar-refractivity contribution in [3.05, 3.63) is 205 Å². The smallest absolute Gasteiger partial charge is 0.127 e. The minimum Gasteiger partial charge on any atom is -0.493 e. The van der Waals surface area contributed by atoms with E-state index >= 15 is 0 Å². The Morgan fingerprint density at radius 3 is 1.78 bits per heavy atom. The molecule has 262 valence electrons. The lowest BCUT2D eigenvalue weighted by atomic mass is 9.82. The van der Waals surface area contributed by atoms with Gasteiger partial charge in [-0.25, -0.2) is 0 Å². The van der Waals surface area contributed by atoms with E-state index in [2.05, 4.69) is 189 Å². The van der Waals surface area contributed by atoms with E-state index in [9.17, 15) is 0 Å². The average molecular weight is 706 g/mol. The standard InChI is InChI=1S/C53H39NO/c1-53(2)50-21-10-8-17-47(50)48-32-31-41(35-51(48)53)54(39-27-23-37(24-28-39)43-16-7-6-15-42(43)36-13-4-3-5-14-36)40-29-25-38(26-30-40)44-19-12-20-45-46(44)33-34-55-52-22-11-9-18-49(45)52/h4,6-32,35H,33-34H2,1-2H3. The van der Waals surface area contributed by atoms with E-state index in [-0.39, 0.29) is 5.41 Å². The Bertz CT molecular complexity index is 2690. The number of nitrogens with zero attached hydrogens (tertiary/aromatic N) is 1. The van der Waals surface area contributed by atoms with Crippen LogP contribution in [0.3, 0.4) is 0 Å². The zero-order chi connectivity index (χ0) is 36.9. The molecule has 1 aliphatic heterocycles. The fourth-order valence-electron chi connectivity index (χ4n) is 8.82. The molecule has 8 aromatic carbocycles. The summed E-state index contributed by atoms with van der Waals surface area (Å²) in [5, 5.41) is 0. The predicted octanol–water partition coefficient (Wildman–Crippen LogP) is 13.7. The van der Waals surface area contributed by atoms with Crippen LogP contribution < -0.4 is 9.64 Å². The maximum atomic E-state index is 6.19. The molecular formula is C53H39NO. The first kappa shape index (κ1) is 32.8. The molecule has 0 unspecified atom stereocenters. The zero-order valence-electron chi connectivity index (χ0n) is 31.0. The van der Waals surface area contributed by atoms with Crippen molar-refractivity contribution in [3.63, 3.8) is 0 Å². The summed E-state index contributed by atoms with van der Waals surface area (Å²) in [5.74, 6) is 0.955. The van der Waals surface area contributed by atoms with E-state index in [1.54, 1.807) is 0 Å². The fourth-order valence-corrected chi connectivity index (χ4v) is 8.82. The SMILES string of the molecule is CC1(C)c2ccccc2-c2ccc(N(c3ccc(-c4ccccc4-c4cc#ccc4)cc3)c3ccc(-c4cccc5c4CCOc4ccccc4-5)cc3)cc21. The predicted molar refractivity (Wildman–Crippen MR) is 227 cm³/mol. The van der Waals surface area contributed by atoms with E-state index in [1.807, 2.05) is 18.2 Å². The van der Waals surface area contributed by atoms with Gasteiger partial charge < -0.3 is 9.64 Å². The van der Waals surface area contributed by atoms with Gasteiger partial charge in [0, 0.05) is 34.5 Å². The summed E-state index contributed by atoms with van der Waals surface area (Å²) in [5.41, 5.74) is 19.5. The summed E-state index contributed by atoms with van der Waals surface area (Å²) in [4.78, 5) is 2.40. The summed E-state index contributed by atoms with van der Waals surface area (Å²) >= 11 is 0. The van der Waals surface area contributed by atoms with E-state index in [1.165, 1.54) is 61.2 Å². The number of hydrogen-bond donors (Lipinski definition) is 0. The second-order valence-corrected chi connectivity index (χ2v) is 15.0. The van der Waals surface area contributed by atoms with Crippen LogP contribution in [0.15, 0.2) is 176 Å². The van der Waals surface area contributed by atoms with Gasteiger partial charge >= 0.3 is 0 Å². The van der Waals surface area contributed by atoms with Crippen molar-refractivity contribution in [1.82, 2.24) is 0 Å². The molecular weight excluding hydrogens is 667 g/mol. The van der Waals surface area contributed by atoms with Gasteiger partial charge in [0.25, 0.3) is 0 Å². The zero-order valence-corrected chi connectivity index (χ0v) is 31.0. The molecule has 2 nitrogen and oxygen atoms in total. The molecule has 55 heavy (non-hydrogen) atoms. The Labute approximate surface area is 324 Å². The summed E-state index contributed by atoms with van der Waals surface area (Å²) in [6.45, 7) is 5.36. The third-order valence-corrected chi connectivity index (χ3v) is 11.6. The molecule has 0 saturated carbocycles. The molecule has 2 aliphatic rings. The molecule has 0 fully saturated rings. The highest BCUT2D eigenvalue weighted by molar-refractivity contribution is 5.89. The molecule has 2 heteroatoms. The highest BCUT2D eigenvalue weighted by Crippen LogP contribution is 2.51.